The van der Waals surface area contributed by atoms with Gasteiger partial charge in [0.2, 0.25) is 0 Å². The number of nitrogen functional groups attached to an aromatic ring is 1. The molecule has 94 valence electrons. The molecule has 0 saturated heterocycles. The van der Waals surface area contributed by atoms with E-state index in [1.165, 1.54) is 7.11 Å². The number of aromatic nitrogens is 2. The van der Waals surface area contributed by atoms with Gasteiger partial charge in [-0.15, -0.1) is 12.4 Å². The van der Waals surface area contributed by atoms with Crippen molar-refractivity contribution in [3.63, 3.8) is 0 Å². The largest absolute Gasteiger partial charge is 0.435 e. The number of alkyl halides is 3. The Labute approximate surface area is 97.0 Å². The van der Waals surface area contributed by atoms with E-state index in [9.17, 15) is 13.2 Å². The molecule has 0 radical (unpaired) electrons. The van der Waals surface area contributed by atoms with E-state index in [2.05, 4.69) is 5.10 Å². The number of rotatable bonds is 3. The molecule has 1 rings (SSSR count). The van der Waals surface area contributed by atoms with Crippen LogP contribution in [0.25, 0.3) is 0 Å². The van der Waals surface area contributed by atoms with Gasteiger partial charge in [-0.05, 0) is 6.92 Å². The zero-order chi connectivity index (χ0) is 11.6. The number of nitrogens with two attached hydrogens (primary N) is 1. The molecule has 1 aromatic rings. The Morgan fingerprint density at radius 2 is 2.12 bits per heavy atom. The van der Waals surface area contributed by atoms with Crippen LogP contribution in [0.4, 0.5) is 18.9 Å². The third-order valence-corrected chi connectivity index (χ3v) is 1.92. The Kier molecular flexibility index (Phi) is 5.08. The van der Waals surface area contributed by atoms with E-state index in [0.717, 1.165) is 10.9 Å². The van der Waals surface area contributed by atoms with Gasteiger partial charge in [0, 0.05) is 7.11 Å². The SMILES string of the molecule is COCC(C)n1ncc(N)c1C(F)(F)F.Cl. The second-order valence-electron chi connectivity index (χ2n) is 3.20. The average molecular weight is 260 g/mol. The highest BCUT2D eigenvalue weighted by Crippen LogP contribution is 2.34. The lowest BCUT2D eigenvalue weighted by Crippen LogP contribution is -2.21. The molecule has 0 aliphatic carbocycles. The Balaban J connectivity index is 0.00000225. The first-order valence-electron chi connectivity index (χ1n) is 4.27. The van der Waals surface area contributed by atoms with Crippen LogP contribution in [0, 0.1) is 0 Å². The van der Waals surface area contributed by atoms with Crippen LogP contribution < -0.4 is 5.73 Å². The van der Waals surface area contributed by atoms with Crippen LogP contribution in [0.1, 0.15) is 18.7 Å². The molecular formula is C8H13ClF3N3O. The van der Waals surface area contributed by atoms with E-state index < -0.39 is 17.9 Å². The summed E-state index contributed by atoms with van der Waals surface area (Å²) in [7, 11) is 1.41. The summed E-state index contributed by atoms with van der Waals surface area (Å²) in [5.74, 6) is 0. The van der Waals surface area contributed by atoms with Crippen molar-refractivity contribution in [3.8, 4) is 0 Å². The smallest absolute Gasteiger partial charge is 0.396 e. The van der Waals surface area contributed by atoms with Crippen molar-refractivity contribution in [2.75, 3.05) is 19.5 Å². The first-order chi connectivity index (χ1) is 6.88. The van der Waals surface area contributed by atoms with E-state index in [-0.39, 0.29) is 24.7 Å². The monoisotopic (exact) mass is 259 g/mol. The van der Waals surface area contributed by atoms with Gasteiger partial charge >= 0.3 is 6.18 Å². The predicted molar refractivity (Wildman–Crippen MR) is 55.5 cm³/mol. The molecule has 0 aliphatic heterocycles. The Hall–Kier alpha value is -0.950. The Morgan fingerprint density at radius 1 is 1.56 bits per heavy atom. The minimum Gasteiger partial charge on any atom is -0.396 e. The summed E-state index contributed by atoms with van der Waals surface area (Å²) >= 11 is 0. The lowest BCUT2D eigenvalue weighted by Gasteiger charge is -2.16. The molecule has 0 amide bonds. The van der Waals surface area contributed by atoms with Crippen LogP contribution in [0.15, 0.2) is 6.20 Å². The van der Waals surface area contributed by atoms with Gasteiger partial charge in [0.15, 0.2) is 5.69 Å². The molecule has 0 aliphatic rings. The van der Waals surface area contributed by atoms with Crippen LogP contribution in [-0.4, -0.2) is 23.5 Å². The topological polar surface area (TPSA) is 53.1 Å². The zero-order valence-corrected chi connectivity index (χ0v) is 9.60. The predicted octanol–water partition coefficient (Wildman–Crippen LogP) is 2.11. The van der Waals surface area contributed by atoms with E-state index in [1.807, 2.05) is 0 Å². The van der Waals surface area contributed by atoms with Crippen molar-refractivity contribution in [2.45, 2.75) is 19.1 Å². The fourth-order valence-corrected chi connectivity index (χ4v) is 1.32. The van der Waals surface area contributed by atoms with Crippen LogP contribution in [0.3, 0.4) is 0 Å². The minimum atomic E-state index is -4.50. The van der Waals surface area contributed by atoms with Crippen molar-refractivity contribution in [2.24, 2.45) is 0 Å². The number of ether oxygens (including phenoxy) is 1. The fourth-order valence-electron chi connectivity index (χ4n) is 1.32. The maximum absolute atomic E-state index is 12.6. The zero-order valence-electron chi connectivity index (χ0n) is 8.78. The Morgan fingerprint density at radius 3 is 2.56 bits per heavy atom. The number of hydrogen-bond acceptors (Lipinski definition) is 3. The third-order valence-electron chi connectivity index (χ3n) is 1.92. The van der Waals surface area contributed by atoms with Gasteiger partial charge in [-0.25, -0.2) is 0 Å². The second kappa shape index (κ2) is 5.40. The maximum atomic E-state index is 12.6. The summed E-state index contributed by atoms with van der Waals surface area (Å²) in [5, 5.41) is 3.59. The fraction of sp³-hybridized carbons (Fsp3) is 0.625. The molecule has 1 unspecified atom stereocenters. The number of hydrogen-bond donors (Lipinski definition) is 1. The van der Waals surface area contributed by atoms with Gasteiger partial charge in [-0.1, -0.05) is 0 Å². The average Bonchev–Trinajstić information content (AvgIpc) is 2.46. The molecule has 16 heavy (non-hydrogen) atoms. The van der Waals surface area contributed by atoms with Crippen molar-refractivity contribution in [1.82, 2.24) is 9.78 Å². The number of nitrogens with zero attached hydrogens (tertiary/aromatic N) is 2. The van der Waals surface area contributed by atoms with Gasteiger partial charge in [-0.3, -0.25) is 4.68 Å². The van der Waals surface area contributed by atoms with Crippen molar-refractivity contribution in [1.29, 1.82) is 0 Å². The molecule has 1 atom stereocenters. The highest BCUT2D eigenvalue weighted by molar-refractivity contribution is 5.85. The summed E-state index contributed by atoms with van der Waals surface area (Å²) in [6.07, 6.45) is -3.50. The van der Waals surface area contributed by atoms with Crippen molar-refractivity contribution in [3.05, 3.63) is 11.9 Å². The van der Waals surface area contributed by atoms with Crippen molar-refractivity contribution < 1.29 is 17.9 Å². The van der Waals surface area contributed by atoms with E-state index >= 15 is 0 Å². The maximum Gasteiger partial charge on any atom is 0.435 e. The molecule has 8 heteroatoms. The number of anilines is 1. The van der Waals surface area contributed by atoms with Crippen LogP contribution in [-0.2, 0) is 10.9 Å². The number of methoxy groups -OCH3 is 1. The molecule has 0 spiro atoms. The highest BCUT2D eigenvalue weighted by atomic mass is 35.5. The quantitative estimate of drug-likeness (QED) is 0.905. The summed E-state index contributed by atoms with van der Waals surface area (Å²) in [4.78, 5) is 0. The van der Waals surface area contributed by atoms with Crippen LogP contribution >= 0.6 is 12.4 Å². The third kappa shape index (κ3) is 3.02. The molecule has 0 bridgehead atoms. The van der Waals surface area contributed by atoms with Crippen molar-refractivity contribution >= 4 is 18.1 Å². The first kappa shape index (κ1) is 15.0. The lowest BCUT2D eigenvalue weighted by atomic mass is 10.3. The molecule has 0 fully saturated rings. The minimum absolute atomic E-state index is 0. The van der Waals surface area contributed by atoms with Gasteiger partial charge in [0.05, 0.1) is 24.5 Å². The molecule has 1 heterocycles. The molecule has 0 saturated carbocycles. The molecule has 0 aromatic carbocycles. The highest BCUT2D eigenvalue weighted by Gasteiger charge is 2.38. The van der Waals surface area contributed by atoms with Crippen LogP contribution in [0.5, 0.6) is 0 Å². The molecule has 2 N–H and O–H groups in total. The number of halogens is 4. The first-order valence-corrected chi connectivity index (χ1v) is 4.27. The van der Waals surface area contributed by atoms with Gasteiger partial charge in [-0.2, -0.15) is 18.3 Å². The molecule has 4 nitrogen and oxygen atoms in total. The Bertz CT molecular complexity index is 340. The molecular weight excluding hydrogens is 247 g/mol. The molecule has 1 aromatic heterocycles. The van der Waals surface area contributed by atoms with E-state index in [1.54, 1.807) is 6.92 Å². The summed E-state index contributed by atoms with van der Waals surface area (Å²) < 4.78 is 43.3. The van der Waals surface area contributed by atoms with Crippen LogP contribution in [0.2, 0.25) is 0 Å². The second-order valence-corrected chi connectivity index (χ2v) is 3.20. The summed E-state index contributed by atoms with van der Waals surface area (Å²) in [6, 6.07) is -0.510. The standard InChI is InChI=1S/C8H12F3N3O.ClH/c1-5(4-15-2)14-7(8(9,10)11)6(12)3-13-14;/h3,5H,4,12H2,1-2H3;1H. The lowest BCUT2D eigenvalue weighted by molar-refractivity contribution is -0.144. The van der Waals surface area contributed by atoms with E-state index in [0.29, 0.717) is 0 Å². The normalized spacial score (nSPS) is 13.3. The van der Waals surface area contributed by atoms with Gasteiger partial charge in [0.1, 0.15) is 0 Å². The van der Waals surface area contributed by atoms with Gasteiger partial charge in [0.25, 0.3) is 0 Å². The van der Waals surface area contributed by atoms with Gasteiger partial charge < -0.3 is 10.5 Å². The summed E-state index contributed by atoms with van der Waals surface area (Å²) in [6.45, 7) is 1.72. The van der Waals surface area contributed by atoms with E-state index in [4.69, 9.17) is 10.5 Å². The summed E-state index contributed by atoms with van der Waals surface area (Å²) in [5.41, 5.74) is 3.92.